The Kier molecular flexibility index (Phi) is 4.80. The molecule has 2 fully saturated rings. The zero-order chi connectivity index (χ0) is 19.2. The van der Waals surface area contributed by atoms with Crippen molar-refractivity contribution in [3.8, 4) is 0 Å². The van der Waals surface area contributed by atoms with Crippen LogP contribution in [-0.2, 0) is 14.8 Å². The van der Waals surface area contributed by atoms with Crippen LogP contribution in [0.1, 0.15) is 58.4 Å². The number of carbonyl (C=O) groups is 1. The minimum atomic E-state index is -3.82. The molecule has 1 aliphatic heterocycles. The fourth-order valence-corrected chi connectivity index (χ4v) is 5.67. The number of sulfonamides is 1. The van der Waals surface area contributed by atoms with Gasteiger partial charge in [0, 0.05) is 17.5 Å². The molecule has 3 rings (SSSR count). The Morgan fingerprint density at radius 1 is 1.15 bits per heavy atom. The minimum Gasteiger partial charge on any atom is -0.268 e. The molecule has 4 nitrogen and oxygen atoms in total. The highest BCUT2D eigenvalue weighted by Gasteiger charge is 2.63. The van der Waals surface area contributed by atoms with Gasteiger partial charge in [-0.25, -0.2) is 12.7 Å². The van der Waals surface area contributed by atoms with E-state index < -0.39 is 10.0 Å². The van der Waals surface area contributed by atoms with Crippen LogP contribution < -0.4 is 0 Å². The van der Waals surface area contributed by atoms with Gasteiger partial charge in [0.1, 0.15) is 0 Å². The zero-order valence-electron chi connectivity index (χ0n) is 16.2. The van der Waals surface area contributed by atoms with E-state index in [1.807, 2.05) is 13.0 Å². The molecule has 2 aliphatic rings. The highest BCUT2D eigenvalue weighted by Crippen LogP contribution is 2.64. The Bertz CT molecular complexity index is 837. The van der Waals surface area contributed by atoms with Crippen molar-refractivity contribution in [1.82, 2.24) is 4.31 Å². The average Bonchev–Trinajstić information content (AvgIpc) is 2.91. The van der Waals surface area contributed by atoms with Crippen molar-refractivity contribution in [2.75, 3.05) is 6.54 Å². The van der Waals surface area contributed by atoms with E-state index >= 15 is 0 Å². The van der Waals surface area contributed by atoms with Crippen molar-refractivity contribution in [2.45, 2.75) is 64.7 Å². The summed E-state index contributed by atoms with van der Waals surface area (Å²) in [7, 11) is -3.82. The summed E-state index contributed by atoms with van der Waals surface area (Å²) in [4.78, 5) is 13.4. The van der Waals surface area contributed by atoms with E-state index in [-0.39, 0.29) is 28.2 Å². The molecule has 0 radical (unpaired) electrons. The van der Waals surface area contributed by atoms with Gasteiger partial charge in [-0.3, -0.25) is 4.79 Å². The van der Waals surface area contributed by atoms with Gasteiger partial charge in [-0.1, -0.05) is 57.4 Å². The number of unbranched alkanes of at least 4 members (excludes halogenated alkanes) is 2. The van der Waals surface area contributed by atoms with Gasteiger partial charge in [-0.2, -0.15) is 0 Å². The van der Waals surface area contributed by atoms with Crippen LogP contribution in [0, 0.1) is 17.8 Å². The summed E-state index contributed by atoms with van der Waals surface area (Å²) < 4.78 is 27.4. The van der Waals surface area contributed by atoms with Crippen molar-refractivity contribution >= 4 is 15.9 Å². The number of allylic oxidation sites excluding steroid dienone is 1. The molecule has 1 aromatic carbocycles. The van der Waals surface area contributed by atoms with Crippen molar-refractivity contribution in [2.24, 2.45) is 10.8 Å². The van der Waals surface area contributed by atoms with Crippen molar-refractivity contribution in [3.05, 3.63) is 41.5 Å². The summed E-state index contributed by atoms with van der Waals surface area (Å²) in [6.45, 7) is 8.61. The second-order valence-electron chi connectivity index (χ2n) is 8.36. The summed E-state index contributed by atoms with van der Waals surface area (Å²) in [5.41, 5.74) is 1.32. The quantitative estimate of drug-likeness (QED) is 0.564. The number of rotatable bonds is 5. The largest absolute Gasteiger partial charge is 0.268 e. The molecule has 1 saturated heterocycles. The first kappa shape index (κ1) is 19.2. The molecular formula is C21H29NO3S. The average molecular weight is 376 g/mol. The Morgan fingerprint density at radius 3 is 2.31 bits per heavy atom. The second kappa shape index (κ2) is 6.52. The van der Waals surface area contributed by atoms with Gasteiger partial charge in [-0.05, 0) is 43.7 Å². The fraction of sp³-hybridized carbons (Fsp3) is 0.571. The Balaban J connectivity index is 2.01. The van der Waals surface area contributed by atoms with Gasteiger partial charge in [0.05, 0.1) is 4.90 Å². The molecule has 1 aromatic rings. The standard InChI is InChI=1S/C21H29NO3S/c1-5-6-7-8-18-19(23)22(15-21(18)14-13-20(21,3)4)26(24,25)17-11-9-16(2)10-12-17/h8-12H,5-7,13-15H2,1-4H3/b18-8+. The van der Waals surface area contributed by atoms with E-state index in [9.17, 15) is 13.2 Å². The number of aryl methyl sites for hydroxylation is 1. The molecule has 1 spiro atoms. The smallest absolute Gasteiger partial charge is 0.266 e. The van der Waals surface area contributed by atoms with Crippen LogP contribution >= 0.6 is 0 Å². The van der Waals surface area contributed by atoms with Gasteiger partial charge < -0.3 is 0 Å². The molecule has 1 heterocycles. The molecule has 142 valence electrons. The van der Waals surface area contributed by atoms with Crippen LogP contribution in [0.3, 0.4) is 0 Å². The lowest BCUT2D eigenvalue weighted by Crippen LogP contribution is -2.50. The van der Waals surface area contributed by atoms with Gasteiger partial charge in [-0.15, -0.1) is 0 Å². The summed E-state index contributed by atoms with van der Waals surface area (Å²) in [5.74, 6) is -0.325. The summed E-state index contributed by atoms with van der Waals surface area (Å²) in [5, 5.41) is 0. The lowest BCUT2D eigenvalue weighted by atomic mass is 9.49. The lowest BCUT2D eigenvalue weighted by molar-refractivity contribution is -0.120. The maximum atomic E-state index is 13.2. The molecule has 1 atom stereocenters. The summed E-state index contributed by atoms with van der Waals surface area (Å²) in [6, 6.07) is 6.73. The normalized spacial score (nSPS) is 26.5. The van der Waals surface area contributed by atoms with Crippen molar-refractivity contribution in [1.29, 1.82) is 0 Å². The van der Waals surface area contributed by atoms with E-state index in [0.717, 1.165) is 47.5 Å². The fourth-order valence-electron chi connectivity index (χ4n) is 4.23. The molecule has 1 aliphatic carbocycles. The summed E-state index contributed by atoms with van der Waals surface area (Å²) in [6.07, 6.45) is 6.80. The van der Waals surface area contributed by atoms with Crippen LogP contribution in [0.15, 0.2) is 40.8 Å². The Hall–Kier alpha value is -1.62. The highest BCUT2D eigenvalue weighted by atomic mass is 32.2. The topological polar surface area (TPSA) is 54.5 Å². The van der Waals surface area contributed by atoms with Crippen LogP contribution in [0.5, 0.6) is 0 Å². The molecule has 26 heavy (non-hydrogen) atoms. The molecule has 0 aromatic heterocycles. The van der Waals surface area contributed by atoms with Crippen LogP contribution in [0.25, 0.3) is 0 Å². The minimum absolute atomic E-state index is 0.0573. The third-order valence-electron chi connectivity index (χ3n) is 6.37. The third-order valence-corrected chi connectivity index (χ3v) is 8.12. The zero-order valence-corrected chi connectivity index (χ0v) is 17.0. The Morgan fingerprint density at radius 2 is 1.81 bits per heavy atom. The van der Waals surface area contributed by atoms with E-state index in [2.05, 4.69) is 20.8 Å². The van der Waals surface area contributed by atoms with E-state index in [1.54, 1.807) is 24.3 Å². The van der Waals surface area contributed by atoms with Crippen LogP contribution in [-0.4, -0.2) is 25.2 Å². The van der Waals surface area contributed by atoms with Gasteiger partial charge in [0.25, 0.3) is 15.9 Å². The number of carbonyl (C=O) groups excluding carboxylic acids is 1. The summed E-state index contributed by atoms with van der Waals surface area (Å²) >= 11 is 0. The first-order chi connectivity index (χ1) is 12.2. The number of benzene rings is 1. The maximum Gasteiger partial charge on any atom is 0.266 e. The maximum absolute atomic E-state index is 13.2. The van der Waals surface area contributed by atoms with Gasteiger partial charge in [0.15, 0.2) is 0 Å². The van der Waals surface area contributed by atoms with Crippen LogP contribution in [0.4, 0.5) is 0 Å². The van der Waals surface area contributed by atoms with Crippen LogP contribution in [0.2, 0.25) is 0 Å². The lowest BCUT2D eigenvalue weighted by Gasteiger charge is -2.54. The molecule has 1 unspecified atom stereocenters. The molecule has 0 bridgehead atoms. The van der Waals surface area contributed by atoms with Crippen molar-refractivity contribution < 1.29 is 13.2 Å². The molecule has 0 N–H and O–H groups in total. The van der Waals surface area contributed by atoms with E-state index in [0.29, 0.717) is 0 Å². The number of nitrogens with zero attached hydrogens (tertiary/aromatic N) is 1. The number of hydrogen-bond acceptors (Lipinski definition) is 3. The molecule has 1 amide bonds. The molecular weight excluding hydrogens is 346 g/mol. The first-order valence-corrected chi connectivity index (χ1v) is 10.9. The Labute approximate surface area is 157 Å². The monoisotopic (exact) mass is 375 g/mol. The van der Waals surface area contributed by atoms with Gasteiger partial charge in [0.2, 0.25) is 0 Å². The molecule has 1 saturated carbocycles. The van der Waals surface area contributed by atoms with Gasteiger partial charge >= 0.3 is 0 Å². The number of amides is 1. The number of hydrogen-bond donors (Lipinski definition) is 0. The second-order valence-corrected chi connectivity index (χ2v) is 10.2. The SMILES string of the molecule is CCCC/C=C1\C(=O)N(S(=O)(=O)c2ccc(C)cc2)CC12CCC2(C)C. The van der Waals surface area contributed by atoms with E-state index in [1.165, 1.54) is 0 Å². The van der Waals surface area contributed by atoms with E-state index in [4.69, 9.17) is 0 Å². The molecule has 5 heteroatoms. The predicted octanol–water partition coefficient (Wildman–Crippen LogP) is 4.45. The first-order valence-electron chi connectivity index (χ1n) is 9.50. The third kappa shape index (κ3) is 2.81. The highest BCUT2D eigenvalue weighted by molar-refractivity contribution is 7.89. The van der Waals surface area contributed by atoms with Crippen molar-refractivity contribution in [3.63, 3.8) is 0 Å². The predicted molar refractivity (Wildman–Crippen MR) is 103 cm³/mol.